The predicted octanol–water partition coefficient (Wildman–Crippen LogP) is 2.99. The summed E-state index contributed by atoms with van der Waals surface area (Å²) in [5.41, 5.74) is 2.29. The molecule has 0 spiro atoms. The maximum absolute atomic E-state index is 13.1. The van der Waals surface area contributed by atoms with Crippen LogP contribution in [0.5, 0.6) is 5.75 Å². The number of fused-ring (bicyclic) bond motifs is 1. The van der Waals surface area contributed by atoms with Crippen LogP contribution in [-0.2, 0) is 23.0 Å². The summed E-state index contributed by atoms with van der Waals surface area (Å²) in [5.74, 6) is 0.668. The molecule has 0 fully saturated rings. The number of hydrogen-bond acceptors (Lipinski definition) is 6. The molecule has 156 valence electrons. The van der Waals surface area contributed by atoms with Crippen molar-refractivity contribution in [2.45, 2.75) is 24.8 Å². The normalized spacial score (nSPS) is 14.2. The van der Waals surface area contributed by atoms with Gasteiger partial charge in [-0.3, -0.25) is 4.79 Å². The van der Waals surface area contributed by atoms with E-state index in [1.54, 1.807) is 24.3 Å². The van der Waals surface area contributed by atoms with Crippen LogP contribution in [0, 0.1) is 6.92 Å². The Balaban J connectivity index is 1.56. The minimum Gasteiger partial charge on any atom is -0.497 e. The number of amides is 1. The number of benzene rings is 2. The molecule has 1 aromatic heterocycles. The van der Waals surface area contributed by atoms with Gasteiger partial charge >= 0.3 is 0 Å². The first-order chi connectivity index (χ1) is 14.4. The molecule has 3 aromatic rings. The lowest BCUT2D eigenvalue weighted by Gasteiger charge is -2.25. The van der Waals surface area contributed by atoms with Crippen LogP contribution in [0.15, 0.2) is 57.9 Å². The maximum Gasteiger partial charge on any atom is 0.278 e. The van der Waals surface area contributed by atoms with E-state index < -0.39 is 15.9 Å². The van der Waals surface area contributed by atoms with Crippen LogP contribution in [-0.4, -0.2) is 37.4 Å². The Morgan fingerprint density at radius 1 is 1.13 bits per heavy atom. The van der Waals surface area contributed by atoms with Crippen LogP contribution in [0.25, 0.3) is 0 Å². The molecule has 1 amide bonds. The summed E-state index contributed by atoms with van der Waals surface area (Å²) >= 11 is 0. The molecule has 0 saturated heterocycles. The quantitative estimate of drug-likeness (QED) is 0.672. The third-order valence-electron chi connectivity index (χ3n) is 5.01. The minimum absolute atomic E-state index is 0.0177. The molecule has 0 bridgehead atoms. The molecule has 9 heteroatoms. The van der Waals surface area contributed by atoms with E-state index in [0.717, 1.165) is 5.56 Å². The summed E-state index contributed by atoms with van der Waals surface area (Å²) < 4.78 is 37.8. The molecular weight excluding hydrogens is 406 g/mol. The highest BCUT2D eigenvalue weighted by molar-refractivity contribution is 7.89. The smallest absolute Gasteiger partial charge is 0.278 e. The van der Waals surface area contributed by atoms with Crippen LogP contribution >= 0.6 is 0 Å². The number of nitrogens with zero attached hydrogens (tertiary/aromatic N) is 2. The van der Waals surface area contributed by atoms with Crippen molar-refractivity contribution in [3.05, 3.63) is 71.1 Å². The molecule has 0 unspecified atom stereocenters. The van der Waals surface area contributed by atoms with Crippen molar-refractivity contribution in [2.24, 2.45) is 0 Å². The Kier molecular flexibility index (Phi) is 5.31. The van der Waals surface area contributed by atoms with Gasteiger partial charge in [-0.05, 0) is 43.3 Å². The molecule has 0 atom stereocenters. The topological polar surface area (TPSA) is 102 Å². The summed E-state index contributed by atoms with van der Waals surface area (Å²) in [6.45, 7) is 2.22. The summed E-state index contributed by atoms with van der Waals surface area (Å²) in [6, 6.07) is 13.6. The zero-order valence-corrected chi connectivity index (χ0v) is 17.4. The average molecular weight is 427 g/mol. The Morgan fingerprint density at radius 2 is 1.83 bits per heavy atom. The molecule has 8 nitrogen and oxygen atoms in total. The van der Waals surface area contributed by atoms with E-state index >= 15 is 0 Å². The highest BCUT2D eigenvalue weighted by Gasteiger charge is 2.34. The minimum atomic E-state index is -3.74. The number of sulfonamides is 1. The Bertz CT molecular complexity index is 1170. The molecule has 0 radical (unpaired) electrons. The standard InChI is InChI=1S/C21H21N3O5S/c1-14-3-5-15(6-4-14)22-21(25)20-18-13-24(12-11-19(18)29-23-20)30(26,27)17-9-7-16(28-2)8-10-17/h3-10H,11-13H2,1-2H3,(H,22,25). The van der Waals surface area contributed by atoms with Crippen molar-refractivity contribution in [3.63, 3.8) is 0 Å². The second-order valence-electron chi connectivity index (χ2n) is 7.02. The zero-order chi connectivity index (χ0) is 21.3. The Morgan fingerprint density at radius 3 is 2.50 bits per heavy atom. The van der Waals surface area contributed by atoms with Crippen molar-refractivity contribution >= 4 is 21.6 Å². The molecule has 30 heavy (non-hydrogen) atoms. The predicted molar refractivity (Wildman–Crippen MR) is 110 cm³/mol. The van der Waals surface area contributed by atoms with Gasteiger partial charge in [0.15, 0.2) is 5.69 Å². The van der Waals surface area contributed by atoms with Crippen molar-refractivity contribution in [3.8, 4) is 5.75 Å². The molecule has 4 rings (SSSR count). The van der Waals surface area contributed by atoms with Crippen molar-refractivity contribution in [2.75, 3.05) is 19.0 Å². The van der Waals surface area contributed by atoms with Crippen LogP contribution < -0.4 is 10.1 Å². The number of hydrogen-bond donors (Lipinski definition) is 1. The first kappa shape index (κ1) is 20.1. The summed E-state index contributed by atoms with van der Waals surface area (Å²) in [5, 5.41) is 6.67. The second-order valence-corrected chi connectivity index (χ2v) is 8.96. The summed E-state index contributed by atoms with van der Waals surface area (Å²) in [7, 11) is -2.22. The van der Waals surface area contributed by atoms with Crippen LogP contribution in [0.4, 0.5) is 5.69 Å². The number of nitrogens with one attached hydrogen (secondary N) is 1. The van der Waals surface area contributed by atoms with Gasteiger partial charge in [-0.1, -0.05) is 22.9 Å². The number of methoxy groups -OCH3 is 1. The lowest BCUT2D eigenvalue weighted by molar-refractivity contribution is 0.101. The highest BCUT2D eigenvalue weighted by atomic mass is 32.2. The second kappa shape index (κ2) is 7.92. The number of anilines is 1. The molecule has 2 aromatic carbocycles. The third kappa shape index (κ3) is 3.81. The van der Waals surface area contributed by atoms with E-state index in [1.807, 2.05) is 19.1 Å². The summed E-state index contributed by atoms with van der Waals surface area (Å²) in [6.07, 6.45) is 0.343. The molecule has 1 aliphatic rings. The van der Waals surface area contributed by atoms with Crippen molar-refractivity contribution in [1.29, 1.82) is 0 Å². The van der Waals surface area contributed by atoms with Crippen molar-refractivity contribution in [1.82, 2.24) is 9.46 Å². The average Bonchev–Trinajstić information content (AvgIpc) is 3.19. The van der Waals surface area contributed by atoms with Gasteiger partial charge in [0, 0.05) is 30.8 Å². The molecule has 0 aliphatic carbocycles. The Hall–Kier alpha value is -3.17. The number of aryl methyl sites for hydroxylation is 1. The fourth-order valence-electron chi connectivity index (χ4n) is 3.29. The lowest BCUT2D eigenvalue weighted by atomic mass is 10.1. The molecule has 1 N–H and O–H groups in total. The van der Waals surface area contributed by atoms with Gasteiger partial charge < -0.3 is 14.6 Å². The van der Waals surface area contributed by atoms with Crippen LogP contribution in [0.2, 0.25) is 0 Å². The molecule has 0 saturated carbocycles. The lowest BCUT2D eigenvalue weighted by Crippen LogP contribution is -2.36. The first-order valence-electron chi connectivity index (χ1n) is 9.38. The number of carbonyl (C=O) groups excluding carboxylic acids is 1. The van der Waals surface area contributed by atoms with E-state index in [2.05, 4.69) is 10.5 Å². The van der Waals surface area contributed by atoms with E-state index in [4.69, 9.17) is 9.26 Å². The first-order valence-corrected chi connectivity index (χ1v) is 10.8. The number of aromatic nitrogens is 1. The van der Waals surface area contributed by atoms with E-state index in [9.17, 15) is 13.2 Å². The third-order valence-corrected chi connectivity index (χ3v) is 6.87. The van der Waals surface area contributed by atoms with Crippen LogP contribution in [0.3, 0.4) is 0 Å². The van der Waals surface area contributed by atoms with E-state index in [0.29, 0.717) is 29.2 Å². The van der Waals surface area contributed by atoms with Gasteiger partial charge in [0.25, 0.3) is 5.91 Å². The highest BCUT2D eigenvalue weighted by Crippen LogP contribution is 2.28. The van der Waals surface area contributed by atoms with E-state index in [-0.39, 0.29) is 23.7 Å². The van der Waals surface area contributed by atoms with E-state index in [1.165, 1.54) is 23.5 Å². The fourth-order valence-corrected chi connectivity index (χ4v) is 4.70. The van der Waals surface area contributed by atoms with Gasteiger partial charge in [-0.15, -0.1) is 0 Å². The SMILES string of the molecule is COc1ccc(S(=O)(=O)N2CCc3onc(C(=O)Nc4ccc(C)cc4)c3C2)cc1. The van der Waals surface area contributed by atoms with Gasteiger partial charge in [0.1, 0.15) is 11.5 Å². The summed E-state index contributed by atoms with van der Waals surface area (Å²) in [4.78, 5) is 12.9. The van der Waals surface area contributed by atoms with Gasteiger partial charge in [0.05, 0.1) is 12.0 Å². The van der Waals surface area contributed by atoms with Crippen LogP contribution in [0.1, 0.15) is 27.4 Å². The maximum atomic E-state index is 13.1. The molecular formula is C21H21N3O5S. The van der Waals surface area contributed by atoms with Crippen molar-refractivity contribution < 1.29 is 22.5 Å². The zero-order valence-electron chi connectivity index (χ0n) is 16.6. The molecule has 1 aliphatic heterocycles. The van der Waals surface area contributed by atoms with Gasteiger partial charge in [-0.2, -0.15) is 4.31 Å². The Labute approximate surface area is 174 Å². The molecule has 2 heterocycles. The van der Waals surface area contributed by atoms with Gasteiger partial charge in [0.2, 0.25) is 10.0 Å². The number of ether oxygens (including phenoxy) is 1. The van der Waals surface area contributed by atoms with Gasteiger partial charge in [-0.25, -0.2) is 8.42 Å². The largest absolute Gasteiger partial charge is 0.497 e. The number of carbonyl (C=O) groups is 1. The fraction of sp³-hybridized carbons (Fsp3) is 0.238. The monoisotopic (exact) mass is 427 g/mol. The number of rotatable bonds is 5.